The molecule has 4 heteroatoms. The van der Waals surface area contributed by atoms with Gasteiger partial charge in [-0.25, -0.2) is 0 Å². The summed E-state index contributed by atoms with van der Waals surface area (Å²) in [6.45, 7) is 3.32. The van der Waals surface area contributed by atoms with E-state index in [0.29, 0.717) is 13.2 Å². The second-order valence-electron chi connectivity index (χ2n) is 4.86. The van der Waals surface area contributed by atoms with E-state index in [1.54, 1.807) is 11.3 Å². The van der Waals surface area contributed by atoms with Gasteiger partial charge in [-0.2, -0.15) is 11.3 Å². The number of benzene rings is 1. The summed E-state index contributed by atoms with van der Waals surface area (Å²) < 4.78 is 11.1. The van der Waals surface area contributed by atoms with E-state index < -0.39 is 0 Å². The first-order valence-electron chi connectivity index (χ1n) is 7.02. The fourth-order valence-corrected chi connectivity index (χ4v) is 2.97. The van der Waals surface area contributed by atoms with Crippen molar-refractivity contribution in [2.75, 3.05) is 26.3 Å². The van der Waals surface area contributed by atoms with Crippen LogP contribution in [-0.4, -0.2) is 26.3 Å². The molecule has 0 amide bonds. The lowest BCUT2D eigenvalue weighted by Crippen LogP contribution is -2.20. The Labute approximate surface area is 123 Å². The highest BCUT2D eigenvalue weighted by Crippen LogP contribution is 2.30. The van der Waals surface area contributed by atoms with Crippen LogP contribution in [0.4, 0.5) is 0 Å². The Bertz CT molecular complexity index is 539. The van der Waals surface area contributed by atoms with Gasteiger partial charge in [-0.05, 0) is 66.0 Å². The molecule has 3 nitrogen and oxygen atoms in total. The van der Waals surface area contributed by atoms with Crippen LogP contribution in [0.2, 0.25) is 0 Å². The smallest absolute Gasteiger partial charge is 0.161 e. The first-order valence-corrected chi connectivity index (χ1v) is 7.96. The van der Waals surface area contributed by atoms with Gasteiger partial charge in [0.1, 0.15) is 13.2 Å². The molecule has 0 unspecified atom stereocenters. The third kappa shape index (κ3) is 3.52. The third-order valence-corrected chi connectivity index (χ3v) is 4.10. The zero-order chi connectivity index (χ0) is 13.6. The van der Waals surface area contributed by atoms with E-state index in [1.807, 2.05) is 6.07 Å². The Balaban J connectivity index is 1.42. The van der Waals surface area contributed by atoms with Crippen molar-refractivity contribution < 1.29 is 9.47 Å². The van der Waals surface area contributed by atoms with Crippen LogP contribution < -0.4 is 14.8 Å². The van der Waals surface area contributed by atoms with Gasteiger partial charge >= 0.3 is 0 Å². The summed E-state index contributed by atoms with van der Waals surface area (Å²) in [6.07, 6.45) is 2.12. The van der Waals surface area contributed by atoms with E-state index in [-0.39, 0.29) is 0 Å². The zero-order valence-electron chi connectivity index (χ0n) is 11.4. The lowest BCUT2D eigenvalue weighted by molar-refractivity contribution is 0.171. The van der Waals surface area contributed by atoms with Crippen LogP contribution in [0.25, 0.3) is 0 Å². The van der Waals surface area contributed by atoms with Crippen molar-refractivity contribution in [3.05, 3.63) is 46.2 Å². The van der Waals surface area contributed by atoms with E-state index in [4.69, 9.17) is 9.47 Å². The number of hydrogen-bond acceptors (Lipinski definition) is 4. The topological polar surface area (TPSA) is 30.5 Å². The predicted molar refractivity (Wildman–Crippen MR) is 82.0 cm³/mol. The van der Waals surface area contributed by atoms with Crippen molar-refractivity contribution in [1.29, 1.82) is 0 Å². The summed E-state index contributed by atoms with van der Waals surface area (Å²) in [7, 11) is 0. The quantitative estimate of drug-likeness (QED) is 0.830. The summed E-state index contributed by atoms with van der Waals surface area (Å²) >= 11 is 1.76. The molecule has 0 saturated heterocycles. The second-order valence-corrected chi connectivity index (χ2v) is 5.64. The number of rotatable bonds is 6. The molecule has 20 heavy (non-hydrogen) atoms. The molecule has 1 aromatic heterocycles. The molecule has 0 bridgehead atoms. The molecule has 1 aromatic carbocycles. The molecule has 0 atom stereocenters. The highest BCUT2D eigenvalue weighted by molar-refractivity contribution is 7.07. The van der Waals surface area contributed by atoms with Gasteiger partial charge in [0.2, 0.25) is 0 Å². The van der Waals surface area contributed by atoms with E-state index in [9.17, 15) is 0 Å². The summed E-state index contributed by atoms with van der Waals surface area (Å²) in [5.41, 5.74) is 2.71. The van der Waals surface area contributed by atoms with Crippen molar-refractivity contribution in [2.45, 2.75) is 12.8 Å². The molecule has 0 fully saturated rings. The zero-order valence-corrected chi connectivity index (χ0v) is 12.2. The number of ether oxygens (including phenoxy) is 2. The molecule has 2 heterocycles. The van der Waals surface area contributed by atoms with Crippen molar-refractivity contribution in [1.82, 2.24) is 5.32 Å². The Kier molecular flexibility index (Phi) is 4.56. The molecular formula is C16H19NO2S. The van der Waals surface area contributed by atoms with Crippen LogP contribution in [0.3, 0.4) is 0 Å². The van der Waals surface area contributed by atoms with Gasteiger partial charge in [-0.3, -0.25) is 0 Å². The van der Waals surface area contributed by atoms with Gasteiger partial charge in [0, 0.05) is 0 Å². The second kappa shape index (κ2) is 6.77. The maximum Gasteiger partial charge on any atom is 0.161 e. The average molecular weight is 289 g/mol. The molecule has 2 aromatic rings. The fraction of sp³-hybridized carbons (Fsp3) is 0.375. The normalized spacial score (nSPS) is 13.4. The lowest BCUT2D eigenvalue weighted by Gasteiger charge is -2.18. The van der Waals surface area contributed by atoms with Crippen LogP contribution in [-0.2, 0) is 12.8 Å². The monoisotopic (exact) mass is 289 g/mol. The summed E-state index contributed by atoms with van der Waals surface area (Å²) in [5, 5.41) is 7.83. The van der Waals surface area contributed by atoms with E-state index in [2.05, 4.69) is 34.3 Å². The van der Waals surface area contributed by atoms with Crippen LogP contribution in [0, 0.1) is 0 Å². The van der Waals surface area contributed by atoms with Crippen molar-refractivity contribution in [3.63, 3.8) is 0 Å². The molecule has 0 radical (unpaired) electrons. The molecule has 3 rings (SSSR count). The minimum absolute atomic E-state index is 0.648. The summed E-state index contributed by atoms with van der Waals surface area (Å²) in [5.74, 6) is 1.75. The van der Waals surface area contributed by atoms with Crippen LogP contribution in [0.15, 0.2) is 35.0 Å². The molecule has 1 aliphatic heterocycles. The summed E-state index contributed by atoms with van der Waals surface area (Å²) in [6, 6.07) is 8.41. The van der Waals surface area contributed by atoms with Gasteiger partial charge in [0.15, 0.2) is 11.5 Å². The molecule has 0 spiro atoms. The average Bonchev–Trinajstić information content (AvgIpc) is 3.00. The maximum atomic E-state index is 5.60. The van der Waals surface area contributed by atoms with Gasteiger partial charge in [0.25, 0.3) is 0 Å². The Morgan fingerprint density at radius 2 is 1.75 bits per heavy atom. The van der Waals surface area contributed by atoms with Crippen LogP contribution in [0.1, 0.15) is 11.1 Å². The standard InChI is InChI=1S/C16H19NO2S/c1-2-15-16(19-9-8-18-15)11-13(1)3-6-17-7-4-14-5-10-20-12-14/h1-2,5,10-12,17H,3-4,6-9H2. The first kappa shape index (κ1) is 13.5. The third-order valence-electron chi connectivity index (χ3n) is 3.37. The highest BCUT2D eigenvalue weighted by atomic mass is 32.1. The van der Waals surface area contributed by atoms with Gasteiger partial charge in [-0.15, -0.1) is 0 Å². The largest absolute Gasteiger partial charge is 0.486 e. The molecule has 1 N–H and O–H groups in total. The maximum absolute atomic E-state index is 5.60. The van der Waals surface area contributed by atoms with Gasteiger partial charge in [0.05, 0.1) is 0 Å². The van der Waals surface area contributed by atoms with Crippen LogP contribution in [0.5, 0.6) is 11.5 Å². The first-order chi connectivity index (χ1) is 9.92. The van der Waals surface area contributed by atoms with E-state index >= 15 is 0 Å². The van der Waals surface area contributed by atoms with E-state index in [1.165, 1.54) is 11.1 Å². The highest BCUT2D eigenvalue weighted by Gasteiger charge is 2.11. The number of nitrogens with one attached hydrogen (secondary N) is 1. The van der Waals surface area contributed by atoms with Crippen LogP contribution >= 0.6 is 11.3 Å². The SMILES string of the molecule is c1cc(CCNCCc2ccc3c(c2)OCCO3)cs1. The molecule has 1 aliphatic rings. The minimum Gasteiger partial charge on any atom is -0.486 e. The predicted octanol–water partition coefficient (Wildman–Crippen LogP) is 2.89. The molecule has 106 valence electrons. The lowest BCUT2D eigenvalue weighted by atomic mass is 10.1. The Hall–Kier alpha value is -1.52. The van der Waals surface area contributed by atoms with Crippen molar-refractivity contribution in [2.24, 2.45) is 0 Å². The Morgan fingerprint density at radius 1 is 0.950 bits per heavy atom. The molecule has 0 saturated carbocycles. The number of hydrogen-bond donors (Lipinski definition) is 1. The van der Waals surface area contributed by atoms with Gasteiger partial charge < -0.3 is 14.8 Å². The van der Waals surface area contributed by atoms with Crippen molar-refractivity contribution >= 4 is 11.3 Å². The van der Waals surface area contributed by atoms with E-state index in [0.717, 1.165) is 37.4 Å². The number of fused-ring (bicyclic) bond motifs is 1. The number of thiophene rings is 1. The van der Waals surface area contributed by atoms with Gasteiger partial charge in [-0.1, -0.05) is 6.07 Å². The fourth-order valence-electron chi connectivity index (χ4n) is 2.27. The molecular weight excluding hydrogens is 270 g/mol. The van der Waals surface area contributed by atoms with Crippen molar-refractivity contribution in [3.8, 4) is 11.5 Å². The Morgan fingerprint density at radius 3 is 2.55 bits per heavy atom. The summed E-state index contributed by atoms with van der Waals surface area (Å²) in [4.78, 5) is 0. The minimum atomic E-state index is 0.648. The molecule has 0 aliphatic carbocycles.